The smallest absolute Gasteiger partial charge is 0.0931 e. The fourth-order valence-electron chi connectivity index (χ4n) is 2.90. The van der Waals surface area contributed by atoms with Crippen LogP contribution in [0.2, 0.25) is 4.34 Å². The molecule has 4 atom stereocenters. The third kappa shape index (κ3) is 2.02. The topological polar surface area (TPSA) is 29.5 Å². The third-order valence-corrected chi connectivity index (χ3v) is 4.94. The molecule has 0 spiro atoms. The van der Waals surface area contributed by atoms with Crippen molar-refractivity contribution in [3.05, 3.63) is 21.3 Å². The molecule has 2 nitrogen and oxygen atoms in total. The number of ether oxygens (including phenoxy) is 1. The molecule has 0 saturated carbocycles. The Morgan fingerprint density at radius 2 is 2.38 bits per heavy atom. The van der Waals surface area contributed by atoms with Crippen LogP contribution in [0.1, 0.15) is 24.1 Å². The van der Waals surface area contributed by atoms with Crippen molar-refractivity contribution in [2.24, 2.45) is 5.92 Å². The van der Waals surface area contributed by atoms with Crippen molar-refractivity contribution in [1.82, 2.24) is 0 Å². The molecule has 2 aliphatic rings. The highest BCUT2D eigenvalue weighted by Crippen LogP contribution is 2.41. The molecule has 4 heteroatoms. The molecule has 2 fully saturated rings. The fourth-order valence-corrected chi connectivity index (χ4v) is 4.04. The van der Waals surface area contributed by atoms with E-state index in [-0.39, 0.29) is 6.10 Å². The van der Waals surface area contributed by atoms with E-state index in [1.54, 1.807) is 11.3 Å². The van der Waals surface area contributed by atoms with Gasteiger partial charge in [-0.2, -0.15) is 0 Å². The Bertz CT molecular complexity index is 379. The van der Waals surface area contributed by atoms with Crippen LogP contribution in [0, 0.1) is 5.92 Å². The van der Waals surface area contributed by atoms with Gasteiger partial charge in [-0.3, -0.25) is 0 Å². The summed E-state index contributed by atoms with van der Waals surface area (Å²) in [4.78, 5) is 1.17. The predicted molar refractivity (Wildman–Crippen MR) is 65.0 cm³/mol. The number of rotatable bonds is 3. The average molecular weight is 259 g/mol. The Kier molecular flexibility index (Phi) is 2.96. The summed E-state index contributed by atoms with van der Waals surface area (Å²) in [5.74, 6) is 0.333. The number of thiophene rings is 1. The standard InChI is InChI=1S/C12H15ClO2S/c13-12-4-2-8(16-12)6-10(14)9-5-7-1-3-11(9)15-7/h2,4,7,9-11,14H,1,3,5-6H2. The van der Waals surface area contributed by atoms with Gasteiger partial charge < -0.3 is 9.84 Å². The Labute approximate surface area is 104 Å². The number of fused-ring (bicyclic) bond motifs is 2. The lowest BCUT2D eigenvalue weighted by molar-refractivity contribution is 0.0435. The quantitative estimate of drug-likeness (QED) is 0.904. The maximum absolute atomic E-state index is 10.2. The van der Waals surface area contributed by atoms with E-state index in [0.717, 1.165) is 17.2 Å². The lowest BCUT2D eigenvalue weighted by Gasteiger charge is -2.23. The summed E-state index contributed by atoms with van der Waals surface area (Å²) in [6.45, 7) is 0. The average Bonchev–Trinajstić information content (AvgIpc) is 2.93. The van der Waals surface area contributed by atoms with Crippen molar-refractivity contribution >= 4 is 22.9 Å². The maximum atomic E-state index is 10.2. The van der Waals surface area contributed by atoms with Crippen molar-refractivity contribution in [1.29, 1.82) is 0 Å². The minimum absolute atomic E-state index is 0.273. The van der Waals surface area contributed by atoms with Crippen molar-refractivity contribution < 1.29 is 9.84 Å². The number of hydrogen-bond donors (Lipinski definition) is 1. The molecular weight excluding hydrogens is 244 g/mol. The summed E-state index contributed by atoms with van der Waals surface area (Å²) in [5.41, 5.74) is 0. The van der Waals surface area contributed by atoms with E-state index in [2.05, 4.69) is 0 Å². The third-order valence-electron chi connectivity index (χ3n) is 3.69. The van der Waals surface area contributed by atoms with E-state index in [1.165, 1.54) is 11.3 Å². The SMILES string of the molecule is OC(Cc1ccc(Cl)s1)C1CC2CCC1O2. The fraction of sp³-hybridized carbons (Fsp3) is 0.667. The first-order valence-electron chi connectivity index (χ1n) is 5.80. The second-order valence-corrected chi connectivity index (χ2v) is 6.55. The van der Waals surface area contributed by atoms with Gasteiger partial charge in [0.2, 0.25) is 0 Å². The summed E-state index contributed by atoms with van der Waals surface area (Å²) in [5, 5.41) is 10.2. The van der Waals surface area contributed by atoms with E-state index >= 15 is 0 Å². The van der Waals surface area contributed by atoms with Crippen molar-refractivity contribution in [3.8, 4) is 0 Å². The number of hydrogen-bond acceptors (Lipinski definition) is 3. The molecule has 3 rings (SSSR count). The van der Waals surface area contributed by atoms with Gasteiger partial charge in [0.05, 0.1) is 22.6 Å². The molecule has 1 aromatic heterocycles. The van der Waals surface area contributed by atoms with Gasteiger partial charge in [-0.1, -0.05) is 11.6 Å². The van der Waals surface area contributed by atoms with Gasteiger partial charge in [0.25, 0.3) is 0 Å². The first-order chi connectivity index (χ1) is 7.72. The number of aliphatic hydroxyl groups excluding tert-OH is 1. The molecule has 88 valence electrons. The lowest BCUT2D eigenvalue weighted by Crippen LogP contribution is -2.30. The van der Waals surface area contributed by atoms with Gasteiger partial charge in [-0.15, -0.1) is 11.3 Å². The zero-order chi connectivity index (χ0) is 11.1. The molecule has 0 aliphatic carbocycles. The Morgan fingerprint density at radius 1 is 1.50 bits per heavy atom. The molecule has 1 aromatic rings. The van der Waals surface area contributed by atoms with Crippen LogP contribution < -0.4 is 0 Å². The van der Waals surface area contributed by atoms with Crippen LogP contribution in [0.25, 0.3) is 0 Å². The van der Waals surface area contributed by atoms with Crippen LogP contribution in [0.3, 0.4) is 0 Å². The number of aliphatic hydroxyl groups is 1. The second-order valence-electron chi connectivity index (χ2n) is 4.75. The van der Waals surface area contributed by atoms with Crippen LogP contribution in [-0.4, -0.2) is 23.4 Å². The second kappa shape index (κ2) is 4.30. The predicted octanol–water partition coefficient (Wildman–Crippen LogP) is 2.87. The van der Waals surface area contributed by atoms with Crippen LogP contribution in [0.4, 0.5) is 0 Å². The highest BCUT2D eigenvalue weighted by molar-refractivity contribution is 7.16. The monoisotopic (exact) mass is 258 g/mol. The van der Waals surface area contributed by atoms with Crippen LogP contribution >= 0.6 is 22.9 Å². The highest BCUT2D eigenvalue weighted by atomic mass is 35.5. The molecule has 2 bridgehead atoms. The van der Waals surface area contributed by atoms with Gasteiger partial charge in [0, 0.05) is 17.2 Å². The highest BCUT2D eigenvalue weighted by Gasteiger charge is 2.43. The first kappa shape index (κ1) is 11.0. The van der Waals surface area contributed by atoms with Gasteiger partial charge in [0.1, 0.15) is 0 Å². The van der Waals surface area contributed by atoms with E-state index in [4.69, 9.17) is 16.3 Å². The Balaban J connectivity index is 1.63. The summed E-state index contributed by atoms with van der Waals surface area (Å²) >= 11 is 7.44. The molecule has 3 heterocycles. The molecule has 2 saturated heterocycles. The van der Waals surface area contributed by atoms with Crippen LogP contribution in [-0.2, 0) is 11.2 Å². The molecule has 16 heavy (non-hydrogen) atoms. The van der Waals surface area contributed by atoms with Gasteiger partial charge in [0.15, 0.2) is 0 Å². The van der Waals surface area contributed by atoms with Gasteiger partial charge >= 0.3 is 0 Å². The number of halogens is 1. The summed E-state index contributed by atoms with van der Waals surface area (Å²) in [6.07, 6.45) is 4.49. The zero-order valence-electron chi connectivity index (χ0n) is 8.93. The molecular formula is C12H15ClO2S. The van der Waals surface area contributed by atoms with Crippen molar-refractivity contribution in [2.75, 3.05) is 0 Å². The normalized spacial score (nSPS) is 34.5. The summed E-state index contributed by atoms with van der Waals surface area (Å²) < 4.78 is 6.56. The Morgan fingerprint density at radius 3 is 2.94 bits per heavy atom. The molecule has 2 aliphatic heterocycles. The van der Waals surface area contributed by atoms with E-state index in [9.17, 15) is 5.11 Å². The van der Waals surface area contributed by atoms with Crippen molar-refractivity contribution in [3.63, 3.8) is 0 Å². The maximum Gasteiger partial charge on any atom is 0.0931 e. The molecule has 0 amide bonds. The van der Waals surface area contributed by atoms with E-state index in [1.807, 2.05) is 12.1 Å². The minimum Gasteiger partial charge on any atom is -0.392 e. The van der Waals surface area contributed by atoms with Gasteiger partial charge in [-0.05, 0) is 31.4 Å². The first-order valence-corrected chi connectivity index (χ1v) is 6.99. The zero-order valence-corrected chi connectivity index (χ0v) is 10.5. The molecule has 1 N–H and O–H groups in total. The van der Waals surface area contributed by atoms with Crippen LogP contribution in [0.5, 0.6) is 0 Å². The largest absolute Gasteiger partial charge is 0.392 e. The summed E-state index contributed by atoms with van der Waals surface area (Å²) in [6, 6.07) is 3.90. The van der Waals surface area contributed by atoms with Crippen molar-refractivity contribution in [2.45, 2.75) is 44.0 Å². The van der Waals surface area contributed by atoms with E-state index < -0.39 is 0 Å². The molecule has 0 radical (unpaired) electrons. The molecule has 4 unspecified atom stereocenters. The summed E-state index contributed by atoms with van der Waals surface area (Å²) in [7, 11) is 0. The van der Waals surface area contributed by atoms with Crippen LogP contribution in [0.15, 0.2) is 12.1 Å². The Hall–Kier alpha value is -0.0900. The lowest BCUT2D eigenvalue weighted by atomic mass is 9.84. The van der Waals surface area contributed by atoms with Gasteiger partial charge in [-0.25, -0.2) is 0 Å². The minimum atomic E-state index is -0.273. The molecule has 0 aromatic carbocycles. The van der Waals surface area contributed by atoms with E-state index in [0.29, 0.717) is 24.5 Å².